The molecule has 2 unspecified atom stereocenters. The summed E-state index contributed by atoms with van der Waals surface area (Å²) >= 11 is 18.4. The fourth-order valence-electron chi connectivity index (χ4n) is 2.95. The first-order chi connectivity index (χ1) is 9.04. The summed E-state index contributed by atoms with van der Waals surface area (Å²) < 4.78 is 0. The standard InChI is InChI=1S/C15H20Cl3N/c1-11-3-2-6-15(8-11,10-16)19-9-12-7-13(17)4-5-14(12)18/h4-5,7,11,19H,2-3,6,8-10H2,1H3. The van der Waals surface area contributed by atoms with Gasteiger partial charge in [0.2, 0.25) is 0 Å². The SMILES string of the molecule is CC1CCCC(CCl)(NCc2cc(Cl)ccc2Cl)C1. The Hall–Kier alpha value is 0.0500. The van der Waals surface area contributed by atoms with E-state index in [1.54, 1.807) is 0 Å². The van der Waals surface area contributed by atoms with Crippen molar-refractivity contribution in [1.82, 2.24) is 5.32 Å². The molecule has 1 aromatic carbocycles. The van der Waals surface area contributed by atoms with Crippen LogP contribution in [0.5, 0.6) is 0 Å². The van der Waals surface area contributed by atoms with Crippen molar-refractivity contribution in [3.63, 3.8) is 0 Å². The van der Waals surface area contributed by atoms with Crippen LogP contribution in [0.1, 0.15) is 38.2 Å². The van der Waals surface area contributed by atoms with Crippen LogP contribution in [0.2, 0.25) is 10.0 Å². The van der Waals surface area contributed by atoms with Gasteiger partial charge >= 0.3 is 0 Å². The van der Waals surface area contributed by atoms with Gasteiger partial charge in [0.05, 0.1) is 0 Å². The van der Waals surface area contributed by atoms with Crippen LogP contribution in [0.15, 0.2) is 18.2 Å². The van der Waals surface area contributed by atoms with Crippen molar-refractivity contribution < 1.29 is 0 Å². The number of nitrogens with one attached hydrogen (secondary N) is 1. The maximum atomic E-state index is 6.22. The lowest BCUT2D eigenvalue weighted by molar-refractivity contribution is 0.207. The smallest absolute Gasteiger partial charge is 0.0451 e. The number of rotatable bonds is 4. The lowest BCUT2D eigenvalue weighted by Crippen LogP contribution is -2.49. The highest BCUT2D eigenvalue weighted by Gasteiger charge is 2.33. The molecule has 1 aliphatic carbocycles. The van der Waals surface area contributed by atoms with Crippen LogP contribution in [-0.2, 0) is 6.54 Å². The summed E-state index contributed by atoms with van der Waals surface area (Å²) in [4.78, 5) is 0. The van der Waals surface area contributed by atoms with E-state index in [4.69, 9.17) is 34.8 Å². The van der Waals surface area contributed by atoms with Crippen molar-refractivity contribution >= 4 is 34.8 Å². The molecular formula is C15H20Cl3N. The van der Waals surface area contributed by atoms with Gasteiger partial charge in [0.1, 0.15) is 0 Å². The van der Waals surface area contributed by atoms with Crippen LogP contribution in [0.25, 0.3) is 0 Å². The summed E-state index contributed by atoms with van der Waals surface area (Å²) in [5, 5.41) is 5.10. The minimum absolute atomic E-state index is 0.0465. The maximum Gasteiger partial charge on any atom is 0.0451 e. The molecule has 1 nitrogen and oxygen atoms in total. The summed E-state index contributed by atoms with van der Waals surface area (Å²) in [7, 11) is 0. The van der Waals surface area contributed by atoms with Crippen LogP contribution in [-0.4, -0.2) is 11.4 Å². The van der Waals surface area contributed by atoms with Crippen molar-refractivity contribution in [1.29, 1.82) is 0 Å². The molecule has 0 spiro atoms. The molecule has 0 aromatic heterocycles. The maximum absolute atomic E-state index is 6.22. The molecule has 4 heteroatoms. The molecule has 1 aliphatic rings. The van der Waals surface area contributed by atoms with Gasteiger partial charge in [-0.15, -0.1) is 11.6 Å². The van der Waals surface area contributed by atoms with E-state index in [-0.39, 0.29) is 5.54 Å². The Labute approximate surface area is 130 Å². The Morgan fingerprint density at radius 2 is 2.16 bits per heavy atom. The van der Waals surface area contributed by atoms with Gasteiger partial charge in [0, 0.05) is 28.0 Å². The topological polar surface area (TPSA) is 12.0 Å². The van der Waals surface area contributed by atoms with E-state index in [2.05, 4.69) is 12.2 Å². The molecule has 19 heavy (non-hydrogen) atoms. The average Bonchev–Trinajstić information content (AvgIpc) is 2.40. The van der Waals surface area contributed by atoms with Crippen LogP contribution in [0.4, 0.5) is 0 Å². The van der Waals surface area contributed by atoms with Gasteiger partial charge in [-0.1, -0.05) is 43.0 Å². The monoisotopic (exact) mass is 319 g/mol. The predicted molar refractivity (Wildman–Crippen MR) is 84.4 cm³/mol. The lowest BCUT2D eigenvalue weighted by atomic mass is 9.77. The average molecular weight is 321 g/mol. The molecule has 0 bridgehead atoms. The Morgan fingerprint density at radius 1 is 1.37 bits per heavy atom. The zero-order chi connectivity index (χ0) is 13.9. The van der Waals surface area contributed by atoms with Gasteiger partial charge in [-0.3, -0.25) is 0 Å². The zero-order valence-corrected chi connectivity index (χ0v) is 13.5. The van der Waals surface area contributed by atoms with Crippen molar-refractivity contribution in [3.05, 3.63) is 33.8 Å². The third-order valence-electron chi connectivity index (χ3n) is 4.01. The number of halogens is 3. The molecule has 2 atom stereocenters. The van der Waals surface area contributed by atoms with Crippen molar-refractivity contribution in [3.8, 4) is 0 Å². The lowest BCUT2D eigenvalue weighted by Gasteiger charge is -2.39. The van der Waals surface area contributed by atoms with Gasteiger partial charge in [-0.05, 0) is 42.5 Å². The molecule has 0 aliphatic heterocycles. The third kappa shape index (κ3) is 4.01. The van der Waals surface area contributed by atoms with Crippen LogP contribution < -0.4 is 5.32 Å². The molecule has 0 heterocycles. The van der Waals surface area contributed by atoms with E-state index in [9.17, 15) is 0 Å². The molecule has 0 amide bonds. The molecular weight excluding hydrogens is 301 g/mol. The van der Waals surface area contributed by atoms with Gasteiger partial charge in [-0.25, -0.2) is 0 Å². The molecule has 1 fully saturated rings. The van der Waals surface area contributed by atoms with E-state index in [0.717, 1.165) is 40.9 Å². The largest absolute Gasteiger partial charge is 0.306 e. The number of hydrogen-bond donors (Lipinski definition) is 1. The fraction of sp³-hybridized carbons (Fsp3) is 0.600. The zero-order valence-electron chi connectivity index (χ0n) is 11.2. The highest BCUT2D eigenvalue weighted by Crippen LogP contribution is 2.34. The first-order valence-corrected chi connectivity index (χ1v) is 8.09. The van der Waals surface area contributed by atoms with Gasteiger partial charge in [-0.2, -0.15) is 0 Å². The van der Waals surface area contributed by atoms with E-state index in [0.29, 0.717) is 5.88 Å². The third-order valence-corrected chi connectivity index (χ3v) is 5.12. The normalized spacial score (nSPS) is 27.5. The number of alkyl halides is 1. The second kappa shape index (κ2) is 6.67. The highest BCUT2D eigenvalue weighted by molar-refractivity contribution is 6.33. The van der Waals surface area contributed by atoms with Gasteiger partial charge in [0.25, 0.3) is 0 Å². The summed E-state index contributed by atoms with van der Waals surface area (Å²) in [5.74, 6) is 1.38. The summed E-state index contributed by atoms with van der Waals surface area (Å²) in [6, 6.07) is 5.58. The minimum Gasteiger partial charge on any atom is -0.306 e. The Balaban J connectivity index is 2.05. The Bertz CT molecular complexity index is 435. The highest BCUT2D eigenvalue weighted by atomic mass is 35.5. The van der Waals surface area contributed by atoms with Crippen molar-refractivity contribution in [2.45, 2.75) is 44.7 Å². The molecule has 1 N–H and O–H groups in total. The second-order valence-corrected chi connectivity index (χ2v) is 6.82. The molecule has 2 rings (SSSR count). The van der Waals surface area contributed by atoms with Gasteiger partial charge in [0.15, 0.2) is 0 Å². The first kappa shape index (κ1) is 15.4. The van der Waals surface area contributed by atoms with Crippen LogP contribution in [0.3, 0.4) is 0 Å². The molecule has 1 saturated carbocycles. The fourth-order valence-corrected chi connectivity index (χ4v) is 3.67. The predicted octanol–water partition coefficient (Wildman–Crippen LogP) is 5.27. The quantitative estimate of drug-likeness (QED) is 0.745. The van der Waals surface area contributed by atoms with Gasteiger partial charge < -0.3 is 5.32 Å². The van der Waals surface area contributed by atoms with Crippen LogP contribution >= 0.6 is 34.8 Å². The molecule has 0 radical (unpaired) electrons. The van der Waals surface area contributed by atoms with E-state index < -0.39 is 0 Å². The van der Waals surface area contributed by atoms with Crippen molar-refractivity contribution in [2.24, 2.45) is 5.92 Å². The molecule has 106 valence electrons. The second-order valence-electron chi connectivity index (χ2n) is 5.70. The minimum atomic E-state index is 0.0465. The van der Waals surface area contributed by atoms with E-state index in [1.807, 2.05) is 18.2 Å². The van der Waals surface area contributed by atoms with E-state index >= 15 is 0 Å². The molecule has 0 saturated heterocycles. The van der Waals surface area contributed by atoms with Crippen molar-refractivity contribution in [2.75, 3.05) is 5.88 Å². The summed E-state index contributed by atoms with van der Waals surface area (Å²) in [6.45, 7) is 3.02. The van der Waals surface area contributed by atoms with Crippen LogP contribution in [0, 0.1) is 5.92 Å². The summed E-state index contributed by atoms with van der Waals surface area (Å²) in [5.41, 5.74) is 1.09. The molecule has 1 aromatic rings. The summed E-state index contributed by atoms with van der Waals surface area (Å²) in [6.07, 6.45) is 4.82. The van der Waals surface area contributed by atoms with E-state index in [1.165, 1.54) is 12.8 Å². The Kier molecular flexibility index (Phi) is 5.42. The Morgan fingerprint density at radius 3 is 2.84 bits per heavy atom. The number of hydrogen-bond acceptors (Lipinski definition) is 1. The first-order valence-electron chi connectivity index (χ1n) is 6.79. The number of benzene rings is 1.